The topological polar surface area (TPSA) is 15.6 Å². The fourth-order valence-electron chi connectivity index (χ4n) is 2.54. The number of aliphatic imine (C=N–C) groups is 1. The molecular weight excluding hydrogens is 256 g/mol. The summed E-state index contributed by atoms with van der Waals surface area (Å²) in [4.78, 5) is 6.66. The predicted octanol–water partition coefficient (Wildman–Crippen LogP) is 4.20. The lowest BCUT2D eigenvalue weighted by atomic mass is 9.94. The molecule has 0 amide bonds. The Kier molecular flexibility index (Phi) is 5.79. The summed E-state index contributed by atoms with van der Waals surface area (Å²) in [5.74, 6) is 0.391. The third-order valence-electron chi connectivity index (χ3n) is 3.84. The van der Waals surface area contributed by atoms with Crippen LogP contribution in [0, 0.1) is 0 Å². The smallest absolute Gasteiger partial charge is 0.0385 e. The Balaban J connectivity index is 2.08. The molecule has 1 aliphatic carbocycles. The van der Waals surface area contributed by atoms with Crippen LogP contribution < -0.4 is 0 Å². The molecule has 1 aliphatic rings. The lowest BCUT2D eigenvalue weighted by Crippen LogP contribution is -2.08. The van der Waals surface area contributed by atoms with Gasteiger partial charge in [0.1, 0.15) is 0 Å². The molecule has 21 heavy (non-hydrogen) atoms. The normalized spacial score (nSPS) is 17.5. The summed E-state index contributed by atoms with van der Waals surface area (Å²) in [6.07, 6.45) is 12.2. The van der Waals surface area contributed by atoms with E-state index in [-0.39, 0.29) is 0 Å². The molecule has 0 aromatic heterocycles. The molecule has 0 saturated heterocycles. The number of nitrogens with zero attached hydrogens (tertiary/aromatic N) is 2. The molecule has 0 heterocycles. The molecule has 2 rings (SSSR count). The van der Waals surface area contributed by atoms with E-state index in [1.165, 1.54) is 29.7 Å². The monoisotopic (exact) mass is 282 g/mol. The molecule has 1 unspecified atom stereocenters. The van der Waals surface area contributed by atoms with Gasteiger partial charge in [-0.1, -0.05) is 43.7 Å². The van der Waals surface area contributed by atoms with Crippen LogP contribution in [-0.2, 0) is 6.42 Å². The molecular formula is C19H26N2. The largest absolute Gasteiger partial charge is 0.378 e. The molecule has 0 N–H and O–H groups in total. The second-order valence-corrected chi connectivity index (χ2v) is 5.72. The van der Waals surface area contributed by atoms with Gasteiger partial charge in [0, 0.05) is 44.9 Å². The summed E-state index contributed by atoms with van der Waals surface area (Å²) in [7, 11) is 4.18. The first-order valence-electron chi connectivity index (χ1n) is 7.85. The van der Waals surface area contributed by atoms with Gasteiger partial charge in [0.2, 0.25) is 0 Å². The molecule has 2 heteroatoms. The van der Waals surface area contributed by atoms with Crippen LogP contribution in [0.3, 0.4) is 0 Å². The lowest BCUT2D eigenvalue weighted by Gasteiger charge is -2.13. The van der Waals surface area contributed by atoms with Crippen molar-refractivity contribution in [2.45, 2.75) is 32.1 Å². The molecule has 112 valence electrons. The van der Waals surface area contributed by atoms with Gasteiger partial charge >= 0.3 is 0 Å². The fourth-order valence-corrected chi connectivity index (χ4v) is 2.54. The second-order valence-electron chi connectivity index (χ2n) is 5.72. The third-order valence-corrected chi connectivity index (χ3v) is 3.84. The SMILES string of the molecule is CCCCN=CCc1ccccc1C1C=CC(N(C)C)=C1. The van der Waals surface area contributed by atoms with Crippen LogP contribution in [0.15, 0.2) is 53.2 Å². The van der Waals surface area contributed by atoms with Crippen LogP contribution in [0.5, 0.6) is 0 Å². The van der Waals surface area contributed by atoms with E-state index in [2.05, 4.69) is 79.6 Å². The Morgan fingerprint density at radius 2 is 2.05 bits per heavy atom. The van der Waals surface area contributed by atoms with Crippen LogP contribution in [0.1, 0.15) is 36.8 Å². The van der Waals surface area contributed by atoms with E-state index in [9.17, 15) is 0 Å². The number of rotatable bonds is 7. The molecule has 1 aromatic rings. The second kappa shape index (κ2) is 7.82. The highest BCUT2D eigenvalue weighted by Gasteiger charge is 2.15. The maximum absolute atomic E-state index is 4.50. The molecule has 2 nitrogen and oxygen atoms in total. The van der Waals surface area contributed by atoms with Crippen molar-refractivity contribution >= 4 is 6.21 Å². The van der Waals surface area contributed by atoms with Gasteiger partial charge in [-0.2, -0.15) is 0 Å². The van der Waals surface area contributed by atoms with E-state index in [4.69, 9.17) is 0 Å². The minimum atomic E-state index is 0.391. The summed E-state index contributed by atoms with van der Waals surface area (Å²) in [5.41, 5.74) is 4.06. The first kappa shape index (κ1) is 15.6. The van der Waals surface area contributed by atoms with Crippen LogP contribution in [0.25, 0.3) is 0 Å². The maximum atomic E-state index is 4.50. The van der Waals surface area contributed by atoms with Gasteiger partial charge in [-0.25, -0.2) is 0 Å². The zero-order valence-corrected chi connectivity index (χ0v) is 13.4. The van der Waals surface area contributed by atoms with Gasteiger partial charge in [0.05, 0.1) is 0 Å². The Bertz CT molecular complexity index is 538. The van der Waals surface area contributed by atoms with E-state index in [0.29, 0.717) is 5.92 Å². The van der Waals surface area contributed by atoms with Crippen molar-refractivity contribution in [1.29, 1.82) is 0 Å². The van der Waals surface area contributed by atoms with Gasteiger partial charge in [-0.05, 0) is 29.7 Å². The average molecular weight is 282 g/mol. The quantitative estimate of drug-likeness (QED) is 0.540. The van der Waals surface area contributed by atoms with Crippen molar-refractivity contribution in [3.63, 3.8) is 0 Å². The number of hydrogen-bond acceptors (Lipinski definition) is 2. The van der Waals surface area contributed by atoms with Gasteiger partial charge in [0.25, 0.3) is 0 Å². The summed E-state index contributed by atoms with van der Waals surface area (Å²) in [6, 6.07) is 8.70. The highest BCUT2D eigenvalue weighted by atomic mass is 15.1. The maximum Gasteiger partial charge on any atom is 0.0385 e. The number of allylic oxidation sites excluding steroid dienone is 3. The number of unbranched alkanes of at least 4 members (excludes halogenated alkanes) is 1. The van der Waals surface area contributed by atoms with Crippen LogP contribution in [-0.4, -0.2) is 31.8 Å². The lowest BCUT2D eigenvalue weighted by molar-refractivity contribution is 0.530. The molecule has 0 bridgehead atoms. The van der Waals surface area contributed by atoms with Gasteiger partial charge in [0.15, 0.2) is 0 Å². The first-order valence-corrected chi connectivity index (χ1v) is 7.85. The standard InChI is InChI=1S/C19H26N2/c1-4-5-13-20-14-12-16-8-6-7-9-19(16)17-10-11-18(15-17)21(2)3/h6-11,14-15,17H,4-5,12-13H2,1-3H3. The van der Waals surface area contributed by atoms with E-state index in [1.807, 2.05) is 0 Å². The molecule has 0 spiro atoms. The number of benzene rings is 1. The van der Waals surface area contributed by atoms with Crippen molar-refractivity contribution in [2.24, 2.45) is 4.99 Å². The van der Waals surface area contributed by atoms with E-state index >= 15 is 0 Å². The Morgan fingerprint density at radius 3 is 2.76 bits per heavy atom. The van der Waals surface area contributed by atoms with Crippen molar-refractivity contribution in [3.8, 4) is 0 Å². The predicted molar refractivity (Wildman–Crippen MR) is 92.1 cm³/mol. The Labute approximate surface area is 128 Å². The highest BCUT2D eigenvalue weighted by Crippen LogP contribution is 2.29. The van der Waals surface area contributed by atoms with E-state index in [1.54, 1.807) is 0 Å². The number of likely N-dealkylation sites (N-methyl/N-ethyl adjacent to an activating group) is 1. The molecule has 1 atom stereocenters. The molecule has 0 fully saturated rings. The zero-order chi connectivity index (χ0) is 15.1. The van der Waals surface area contributed by atoms with Crippen molar-refractivity contribution in [2.75, 3.05) is 20.6 Å². The van der Waals surface area contributed by atoms with E-state index in [0.717, 1.165) is 13.0 Å². The van der Waals surface area contributed by atoms with Gasteiger partial charge in [-0.15, -0.1) is 0 Å². The molecule has 0 aliphatic heterocycles. The number of hydrogen-bond donors (Lipinski definition) is 0. The minimum Gasteiger partial charge on any atom is -0.378 e. The highest BCUT2D eigenvalue weighted by molar-refractivity contribution is 5.63. The summed E-state index contributed by atoms with van der Waals surface area (Å²) in [6.45, 7) is 3.15. The van der Waals surface area contributed by atoms with Gasteiger partial charge < -0.3 is 4.90 Å². The molecule has 1 aromatic carbocycles. The first-order chi connectivity index (χ1) is 10.2. The molecule has 0 saturated carbocycles. The molecule has 0 radical (unpaired) electrons. The summed E-state index contributed by atoms with van der Waals surface area (Å²) in [5, 5.41) is 0. The van der Waals surface area contributed by atoms with Gasteiger partial charge in [-0.3, -0.25) is 4.99 Å². The van der Waals surface area contributed by atoms with Crippen LogP contribution >= 0.6 is 0 Å². The summed E-state index contributed by atoms with van der Waals surface area (Å²) >= 11 is 0. The van der Waals surface area contributed by atoms with Crippen LogP contribution in [0.4, 0.5) is 0 Å². The third kappa shape index (κ3) is 4.32. The fraction of sp³-hybridized carbons (Fsp3) is 0.421. The van der Waals surface area contributed by atoms with E-state index < -0.39 is 0 Å². The van der Waals surface area contributed by atoms with Crippen LogP contribution in [0.2, 0.25) is 0 Å². The Morgan fingerprint density at radius 1 is 1.24 bits per heavy atom. The minimum absolute atomic E-state index is 0.391. The van der Waals surface area contributed by atoms with Crippen molar-refractivity contribution in [3.05, 3.63) is 59.3 Å². The Hall–Kier alpha value is -1.83. The average Bonchev–Trinajstić information content (AvgIpc) is 2.97. The van der Waals surface area contributed by atoms with Crippen molar-refractivity contribution < 1.29 is 0 Å². The summed E-state index contributed by atoms with van der Waals surface area (Å²) < 4.78 is 0. The van der Waals surface area contributed by atoms with Crippen molar-refractivity contribution in [1.82, 2.24) is 4.90 Å². The zero-order valence-electron chi connectivity index (χ0n) is 13.4.